The van der Waals surface area contributed by atoms with Gasteiger partial charge in [-0.25, -0.2) is 4.98 Å². The van der Waals surface area contributed by atoms with Crippen LogP contribution in [0.2, 0.25) is 0 Å². The molecule has 120 valence electrons. The van der Waals surface area contributed by atoms with E-state index in [0.717, 1.165) is 36.3 Å². The molecule has 1 atom stereocenters. The van der Waals surface area contributed by atoms with Crippen LogP contribution in [0.25, 0.3) is 0 Å². The number of pyridine rings is 1. The lowest BCUT2D eigenvalue weighted by Gasteiger charge is -2.30. The predicted molar refractivity (Wildman–Crippen MR) is 98.5 cm³/mol. The minimum Gasteiger partial charge on any atom is -0.326 e. The first-order valence-electron chi connectivity index (χ1n) is 8.45. The van der Waals surface area contributed by atoms with Crippen molar-refractivity contribution < 1.29 is 0 Å². The molecule has 1 aromatic heterocycles. The summed E-state index contributed by atoms with van der Waals surface area (Å²) in [6.07, 6.45) is 4.21. The molecule has 0 aliphatic carbocycles. The minimum atomic E-state index is -0.138. The highest BCUT2D eigenvalue weighted by Crippen LogP contribution is 2.32. The molecule has 0 saturated heterocycles. The van der Waals surface area contributed by atoms with Gasteiger partial charge in [-0.1, -0.05) is 54.6 Å². The lowest BCUT2D eigenvalue weighted by Crippen LogP contribution is -2.25. The van der Waals surface area contributed by atoms with Gasteiger partial charge in [-0.3, -0.25) is 0 Å². The third kappa shape index (κ3) is 2.79. The van der Waals surface area contributed by atoms with E-state index in [0.29, 0.717) is 0 Å². The molecule has 1 unspecified atom stereocenters. The van der Waals surface area contributed by atoms with E-state index in [1.165, 1.54) is 11.3 Å². The molecule has 1 aliphatic rings. The summed E-state index contributed by atoms with van der Waals surface area (Å²) in [5.41, 5.74) is 11.2. The Labute approximate surface area is 142 Å². The second-order valence-corrected chi connectivity index (χ2v) is 6.22. The van der Waals surface area contributed by atoms with Crippen LogP contribution in [0.15, 0.2) is 72.9 Å². The number of hydrogen-bond acceptors (Lipinski definition) is 3. The van der Waals surface area contributed by atoms with Crippen molar-refractivity contribution in [1.29, 1.82) is 0 Å². The molecule has 0 spiro atoms. The monoisotopic (exact) mass is 315 g/mol. The molecule has 0 saturated carbocycles. The van der Waals surface area contributed by atoms with E-state index in [4.69, 9.17) is 10.7 Å². The van der Waals surface area contributed by atoms with Gasteiger partial charge in [0.25, 0.3) is 0 Å². The lowest BCUT2D eigenvalue weighted by atomic mass is 10.0. The van der Waals surface area contributed by atoms with Crippen LogP contribution in [-0.2, 0) is 6.42 Å². The van der Waals surface area contributed by atoms with Gasteiger partial charge in [0.1, 0.15) is 5.82 Å². The summed E-state index contributed by atoms with van der Waals surface area (Å²) in [5.74, 6) is 0.992. The Morgan fingerprint density at radius 1 is 0.875 bits per heavy atom. The van der Waals surface area contributed by atoms with Crippen molar-refractivity contribution in [1.82, 2.24) is 4.98 Å². The fourth-order valence-electron chi connectivity index (χ4n) is 3.37. The molecule has 0 amide bonds. The lowest BCUT2D eigenvalue weighted by molar-refractivity contribution is 0.758. The summed E-state index contributed by atoms with van der Waals surface area (Å²) >= 11 is 0. The topological polar surface area (TPSA) is 42.1 Å². The average Bonchev–Trinajstić information content (AvgIpc) is 2.68. The summed E-state index contributed by atoms with van der Waals surface area (Å²) in [6.45, 7) is 1.01. The highest BCUT2D eigenvalue weighted by atomic mass is 15.2. The summed E-state index contributed by atoms with van der Waals surface area (Å²) in [6, 6.07) is 22.8. The van der Waals surface area contributed by atoms with E-state index in [1.54, 1.807) is 0 Å². The minimum absolute atomic E-state index is 0.138. The van der Waals surface area contributed by atoms with Crippen molar-refractivity contribution in [2.24, 2.45) is 5.73 Å². The Balaban J connectivity index is 1.61. The maximum absolute atomic E-state index is 6.37. The Kier molecular flexibility index (Phi) is 4.01. The molecule has 24 heavy (non-hydrogen) atoms. The molecule has 0 fully saturated rings. The molecule has 0 radical (unpaired) electrons. The molecule has 3 heteroatoms. The molecule has 1 aliphatic heterocycles. The average molecular weight is 315 g/mol. The van der Waals surface area contributed by atoms with Gasteiger partial charge in [0, 0.05) is 18.4 Å². The first-order valence-corrected chi connectivity index (χ1v) is 8.45. The number of aryl methyl sites for hydroxylation is 1. The summed E-state index contributed by atoms with van der Waals surface area (Å²) in [7, 11) is 0. The Morgan fingerprint density at radius 3 is 2.46 bits per heavy atom. The van der Waals surface area contributed by atoms with Crippen LogP contribution in [0, 0.1) is 0 Å². The van der Waals surface area contributed by atoms with Gasteiger partial charge in [0.05, 0.1) is 6.04 Å². The SMILES string of the molecule is NC(c1ccccc1)c1ccc(N2CCCc3ccccc32)nc1. The van der Waals surface area contributed by atoms with Crippen LogP contribution in [0.1, 0.15) is 29.2 Å². The number of benzene rings is 2. The fraction of sp³-hybridized carbons (Fsp3) is 0.190. The summed E-state index contributed by atoms with van der Waals surface area (Å²) in [4.78, 5) is 7.00. The molecule has 0 bridgehead atoms. The second kappa shape index (κ2) is 6.46. The zero-order valence-corrected chi connectivity index (χ0v) is 13.6. The fourth-order valence-corrected chi connectivity index (χ4v) is 3.37. The Hall–Kier alpha value is -2.65. The molecular weight excluding hydrogens is 294 g/mol. The van der Waals surface area contributed by atoms with E-state index in [1.807, 2.05) is 24.4 Å². The molecule has 3 aromatic rings. The van der Waals surface area contributed by atoms with Gasteiger partial charge >= 0.3 is 0 Å². The van der Waals surface area contributed by atoms with Gasteiger partial charge in [0.2, 0.25) is 0 Å². The highest BCUT2D eigenvalue weighted by molar-refractivity contribution is 5.65. The Morgan fingerprint density at radius 2 is 1.67 bits per heavy atom. The largest absolute Gasteiger partial charge is 0.326 e. The van der Waals surface area contributed by atoms with Crippen LogP contribution in [0.5, 0.6) is 0 Å². The van der Waals surface area contributed by atoms with E-state index < -0.39 is 0 Å². The number of aromatic nitrogens is 1. The first kappa shape index (κ1) is 14.9. The molecule has 4 rings (SSSR count). The van der Waals surface area contributed by atoms with Gasteiger partial charge in [-0.2, -0.15) is 0 Å². The highest BCUT2D eigenvalue weighted by Gasteiger charge is 2.19. The smallest absolute Gasteiger partial charge is 0.132 e. The number of nitrogens with two attached hydrogens (primary N) is 1. The van der Waals surface area contributed by atoms with Crippen LogP contribution < -0.4 is 10.6 Å². The van der Waals surface area contributed by atoms with E-state index in [-0.39, 0.29) is 6.04 Å². The standard InChI is InChI=1S/C21H21N3/c22-21(17-8-2-1-3-9-17)18-12-13-20(23-15-18)24-14-6-10-16-7-4-5-11-19(16)24/h1-5,7-9,11-13,15,21H,6,10,14,22H2. The van der Waals surface area contributed by atoms with Gasteiger partial charge in [0.15, 0.2) is 0 Å². The normalized spacial score (nSPS) is 15.0. The van der Waals surface area contributed by atoms with Crippen LogP contribution in [-0.4, -0.2) is 11.5 Å². The third-order valence-corrected chi connectivity index (χ3v) is 4.68. The quantitative estimate of drug-likeness (QED) is 0.787. The van der Waals surface area contributed by atoms with Crippen molar-refractivity contribution in [3.63, 3.8) is 0 Å². The van der Waals surface area contributed by atoms with E-state index >= 15 is 0 Å². The maximum atomic E-state index is 6.37. The second-order valence-electron chi connectivity index (χ2n) is 6.22. The summed E-state index contributed by atoms with van der Waals surface area (Å²) in [5, 5.41) is 0. The molecular formula is C21H21N3. The van der Waals surface area contributed by atoms with Crippen molar-refractivity contribution in [3.05, 3.63) is 89.6 Å². The van der Waals surface area contributed by atoms with Crippen LogP contribution >= 0.6 is 0 Å². The third-order valence-electron chi connectivity index (χ3n) is 4.68. The zero-order chi connectivity index (χ0) is 16.4. The van der Waals surface area contributed by atoms with Crippen molar-refractivity contribution in [2.75, 3.05) is 11.4 Å². The van der Waals surface area contributed by atoms with Gasteiger partial charge < -0.3 is 10.6 Å². The van der Waals surface area contributed by atoms with Crippen LogP contribution in [0.4, 0.5) is 11.5 Å². The molecule has 2 aromatic carbocycles. The summed E-state index contributed by atoms with van der Waals surface area (Å²) < 4.78 is 0. The van der Waals surface area contributed by atoms with Gasteiger partial charge in [-0.05, 0) is 41.7 Å². The number of hydrogen-bond donors (Lipinski definition) is 1. The van der Waals surface area contributed by atoms with Gasteiger partial charge in [-0.15, -0.1) is 0 Å². The molecule has 2 N–H and O–H groups in total. The first-order chi connectivity index (χ1) is 11.8. The molecule has 2 heterocycles. The van der Waals surface area contributed by atoms with Crippen molar-refractivity contribution in [2.45, 2.75) is 18.9 Å². The van der Waals surface area contributed by atoms with Crippen molar-refractivity contribution >= 4 is 11.5 Å². The Bertz CT molecular complexity index is 812. The maximum Gasteiger partial charge on any atom is 0.132 e. The number of anilines is 2. The van der Waals surface area contributed by atoms with E-state index in [9.17, 15) is 0 Å². The van der Waals surface area contributed by atoms with Crippen LogP contribution in [0.3, 0.4) is 0 Å². The predicted octanol–water partition coefficient (Wildman–Crippen LogP) is 4.21. The number of nitrogens with zero attached hydrogens (tertiary/aromatic N) is 2. The zero-order valence-electron chi connectivity index (χ0n) is 13.6. The van der Waals surface area contributed by atoms with E-state index in [2.05, 4.69) is 53.4 Å². The molecule has 3 nitrogen and oxygen atoms in total. The number of rotatable bonds is 3. The number of para-hydroxylation sites is 1. The number of fused-ring (bicyclic) bond motifs is 1. The van der Waals surface area contributed by atoms with Crippen molar-refractivity contribution in [3.8, 4) is 0 Å².